The third kappa shape index (κ3) is 2.86. The van der Waals surface area contributed by atoms with Crippen molar-refractivity contribution in [3.8, 4) is 0 Å². The van der Waals surface area contributed by atoms with E-state index in [4.69, 9.17) is 9.47 Å². The zero-order valence-electron chi connectivity index (χ0n) is 10.5. The lowest BCUT2D eigenvalue weighted by Gasteiger charge is -2.32. The van der Waals surface area contributed by atoms with Crippen molar-refractivity contribution in [1.29, 1.82) is 0 Å². The highest BCUT2D eigenvalue weighted by Crippen LogP contribution is 2.31. The molecule has 0 unspecified atom stereocenters. The van der Waals surface area contributed by atoms with E-state index in [2.05, 4.69) is 17.2 Å². The van der Waals surface area contributed by atoms with Gasteiger partial charge in [-0.05, 0) is 33.4 Å². The summed E-state index contributed by atoms with van der Waals surface area (Å²) in [4.78, 5) is 0. The zero-order chi connectivity index (χ0) is 12.5. The molecule has 2 aliphatic heterocycles. The van der Waals surface area contributed by atoms with Crippen LogP contribution in [0.3, 0.4) is 0 Å². The maximum atomic E-state index is 9.91. The molecule has 0 amide bonds. The second-order valence-electron chi connectivity index (χ2n) is 5.03. The molecule has 2 saturated heterocycles. The lowest BCUT2D eigenvalue weighted by atomic mass is 10.0. The number of hydrogen-bond acceptors (Lipinski definition) is 5. The van der Waals surface area contributed by atoms with Gasteiger partial charge < -0.3 is 14.6 Å². The Kier molecular flexibility index (Phi) is 3.85. The van der Waals surface area contributed by atoms with Crippen LogP contribution in [0.5, 0.6) is 0 Å². The summed E-state index contributed by atoms with van der Waals surface area (Å²) in [5.41, 5.74) is 0. The maximum absolute atomic E-state index is 9.91. The van der Waals surface area contributed by atoms with E-state index in [1.165, 1.54) is 6.08 Å². The van der Waals surface area contributed by atoms with Gasteiger partial charge >= 0.3 is 0 Å². The molecule has 98 valence electrons. The fourth-order valence-corrected chi connectivity index (χ4v) is 2.38. The van der Waals surface area contributed by atoms with E-state index >= 15 is 0 Å². The van der Waals surface area contributed by atoms with Crippen LogP contribution in [0.1, 0.15) is 20.3 Å². The van der Waals surface area contributed by atoms with E-state index in [1.54, 1.807) is 0 Å². The summed E-state index contributed by atoms with van der Waals surface area (Å²) in [5, 5.41) is 16.6. The van der Waals surface area contributed by atoms with Gasteiger partial charge in [0.05, 0.1) is 6.17 Å². The Morgan fingerprint density at radius 1 is 1.35 bits per heavy atom. The highest BCUT2D eigenvalue weighted by molar-refractivity contribution is 4.98. The van der Waals surface area contributed by atoms with E-state index in [-0.39, 0.29) is 18.4 Å². The minimum Gasteiger partial charge on any atom is -0.386 e. The van der Waals surface area contributed by atoms with E-state index in [0.717, 1.165) is 19.5 Å². The van der Waals surface area contributed by atoms with Crippen LogP contribution >= 0.6 is 0 Å². The average Bonchev–Trinajstić information content (AvgIpc) is 2.65. The minimum absolute atomic E-state index is 0.0186. The highest BCUT2D eigenvalue weighted by Gasteiger charge is 2.47. The fourth-order valence-electron chi connectivity index (χ4n) is 2.38. The normalized spacial score (nSPS) is 35.7. The Labute approximate surface area is 102 Å². The van der Waals surface area contributed by atoms with E-state index in [9.17, 15) is 5.11 Å². The third-order valence-electron chi connectivity index (χ3n) is 3.15. The molecule has 0 bridgehead atoms. The summed E-state index contributed by atoms with van der Waals surface area (Å²) in [6.07, 6.45) is 1.30. The summed E-state index contributed by atoms with van der Waals surface area (Å²) in [5.74, 6) is -0.667. The Balaban J connectivity index is 2.09. The molecule has 0 aromatic rings. The number of aliphatic hydroxyl groups is 1. The molecular formula is C12H22N2O3. The van der Waals surface area contributed by atoms with Gasteiger partial charge in [0.2, 0.25) is 0 Å². The van der Waals surface area contributed by atoms with Crippen molar-refractivity contribution in [1.82, 2.24) is 10.6 Å². The van der Waals surface area contributed by atoms with E-state index in [1.807, 2.05) is 13.8 Å². The lowest BCUT2D eigenvalue weighted by molar-refractivity contribution is -0.154. The van der Waals surface area contributed by atoms with Crippen molar-refractivity contribution in [3.05, 3.63) is 12.7 Å². The summed E-state index contributed by atoms with van der Waals surface area (Å²) >= 11 is 0. The quantitative estimate of drug-likeness (QED) is 0.606. The van der Waals surface area contributed by atoms with Crippen LogP contribution in [-0.4, -0.2) is 48.5 Å². The van der Waals surface area contributed by atoms with Gasteiger partial charge in [0, 0.05) is 0 Å². The maximum Gasteiger partial charge on any atom is 0.164 e. The Bertz CT molecular complexity index is 277. The molecule has 2 heterocycles. The topological polar surface area (TPSA) is 62.8 Å². The number of hydrogen-bond donors (Lipinski definition) is 3. The van der Waals surface area contributed by atoms with Gasteiger partial charge in [0.15, 0.2) is 5.79 Å². The van der Waals surface area contributed by atoms with Crippen LogP contribution < -0.4 is 10.6 Å². The number of nitrogens with one attached hydrogen (secondary N) is 2. The highest BCUT2D eigenvalue weighted by atomic mass is 16.8. The molecule has 0 aliphatic carbocycles. The third-order valence-corrected chi connectivity index (χ3v) is 3.15. The second kappa shape index (κ2) is 5.04. The van der Waals surface area contributed by atoms with Crippen molar-refractivity contribution in [3.63, 3.8) is 0 Å². The van der Waals surface area contributed by atoms with Gasteiger partial charge in [-0.3, -0.25) is 10.6 Å². The van der Waals surface area contributed by atoms with Gasteiger partial charge in [0.25, 0.3) is 0 Å². The largest absolute Gasteiger partial charge is 0.386 e. The van der Waals surface area contributed by atoms with Crippen molar-refractivity contribution in [2.24, 2.45) is 0 Å². The molecule has 2 aliphatic rings. The summed E-state index contributed by atoms with van der Waals surface area (Å²) < 4.78 is 11.6. The first kappa shape index (κ1) is 13.0. The van der Waals surface area contributed by atoms with Crippen LogP contribution in [0.15, 0.2) is 12.7 Å². The van der Waals surface area contributed by atoms with E-state index in [0.29, 0.717) is 0 Å². The SMILES string of the molecule is C=C[C@@H](O)[C@@H]1OC(C)(C)O[C@@H]1C1NCCCN1. The molecular weight excluding hydrogens is 220 g/mol. The Hall–Kier alpha value is -0.460. The second-order valence-corrected chi connectivity index (χ2v) is 5.03. The average molecular weight is 242 g/mol. The predicted octanol–water partition coefficient (Wildman–Crippen LogP) is -0.0376. The van der Waals surface area contributed by atoms with Gasteiger partial charge in [-0.25, -0.2) is 0 Å². The number of rotatable bonds is 3. The molecule has 3 atom stereocenters. The number of aliphatic hydroxyl groups excluding tert-OH is 1. The zero-order valence-corrected chi connectivity index (χ0v) is 10.5. The summed E-state index contributed by atoms with van der Waals surface area (Å²) in [7, 11) is 0. The van der Waals surface area contributed by atoms with Gasteiger partial charge in [-0.15, -0.1) is 6.58 Å². The molecule has 2 rings (SSSR count). The van der Waals surface area contributed by atoms with Crippen molar-refractivity contribution in [2.75, 3.05) is 13.1 Å². The molecule has 0 radical (unpaired) electrons. The van der Waals surface area contributed by atoms with Crippen LogP contribution in [0.25, 0.3) is 0 Å². The van der Waals surface area contributed by atoms with Crippen LogP contribution in [-0.2, 0) is 9.47 Å². The first-order valence-corrected chi connectivity index (χ1v) is 6.16. The van der Waals surface area contributed by atoms with E-state index < -0.39 is 11.9 Å². The molecule has 5 heteroatoms. The molecule has 5 nitrogen and oxygen atoms in total. The fraction of sp³-hybridized carbons (Fsp3) is 0.833. The minimum atomic E-state index is -0.715. The van der Waals surface area contributed by atoms with Gasteiger partial charge in [-0.1, -0.05) is 6.08 Å². The summed E-state index contributed by atoms with van der Waals surface area (Å²) in [6, 6.07) is 0. The molecule has 0 saturated carbocycles. The smallest absolute Gasteiger partial charge is 0.164 e. The molecule has 2 fully saturated rings. The van der Waals surface area contributed by atoms with Crippen LogP contribution in [0.4, 0.5) is 0 Å². The van der Waals surface area contributed by atoms with Gasteiger partial charge in [0.1, 0.15) is 18.3 Å². The van der Waals surface area contributed by atoms with Crippen molar-refractivity contribution < 1.29 is 14.6 Å². The molecule has 3 N–H and O–H groups in total. The van der Waals surface area contributed by atoms with Crippen LogP contribution in [0, 0.1) is 0 Å². The standard InChI is InChI=1S/C12H22N2O3/c1-4-8(15)9-10(17-12(2,3)16-9)11-13-6-5-7-14-11/h4,8-11,13-15H,1,5-7H2,2-3H3/t8-,9+,10+/m1/s1. The van der Waals surface area contributed by atoms with Crippen LogP contribution in [0.2, 0.25) is 0 Å². The Morgan fingerprint density at radius 3 is 2.59 bits per heavy atom. The summed E-state index contributed by atoms with van der Waals surface area (Å²) in [6.45, 7) is 9.23. The first-order chi connectivity index (χ1) is 8.03. The molecule has 0 aromatic heterocycles. The Morgan fingerprint density at radius 2 is 2.00 bits per heavy atom. The monoisotopic (exact) mass is 242 g/mol. The lowest BCUT2D eigenvalue weighted by Crippen LogP contribution is -2.59. The predicted molar refractivity (Wildman–Crippen MR) is 64.4 cm³/mol. The molecule has 0 aromatic carbocycles. The van der Waals surface area contributed by atoms with Crippen molar-refractivity contribution >= 4 is 0 Å². The first-order valence-electron chi connectivity index (χ1n) is 6.16. The number of ether oxygens (including phenoxy) is 2. The molecule has 17 heavy (non-hydrogen) atoms. The van der Waals surface area contributed by atoms with Crippen molar-refractivity contribution in [2.45, 2.75) is 50.5 Å². The molecule has 0 spiro atoms. The van der Waals surface area contributed by atoms with Gasteiger partial charge in [-0.2, -0.15) is 0 Å².